The van der Waals surface area contributed by atoms with Gasteiger partial charge in [0.1, 0.15) is 11.5 Å². The van der Waals surface area contributed by atoms with Crippen molar-refractivity contribution in [1.29, 1.82) is 0 Å². The predicted molar refractivity (Wildman–Crippen MR) is 82.1 cm³/mol. The van der Waals surface area contributed by atoms with Gasteiger partial charge in [0.25, 0.3) is 0 Å². The molecule has 0 saturated carbocycles. The summed E-state index contributed by atoms with van der Waals surface area (Å²) in [6.45, 7) is 5.98. The first kappa shape index (κ1) is 14.5. The highest BCUT2D eigenvalue weighted by Gasteiger charge is 2.04. The number of nitrogens with one attached hydrogen (secondary N) is 1. The van der Waals surface area contributed by atoms with Crippen molar-refractivity contribution in [2.75, 3.05) is 6.54 Å². The summed E-state index contributed by atoms with van der Waals surface area (Å²) in [5.74, 6) is 1.73. The molecule has 3 nitrogen and oxygen atoms in total. The predicted octanol–water partition coefficient (Wildman–Crippen LogP) is 3.94. The minimum atomic E-state index is 0.771. The largest absolute Gasteiger partial charge is 0.457 e. The third-order valence-electron chi connectivity index (χ3n) is 3.11. The summed E-state index contributed by atoms with van der Waals surface area (Å²) in [5.41, 5.74) is 2.43. The number of aromatic nitrogens is 1. The first-order valence-corrected chi connectivity index (χ1v) is 7.24. The lowest BCUT2D eigenvalue weighted by Gasteiger charge is -2.11. The van der Waals surface area contributed by atoms with E-state index in [0.29, 0.717) is 0 Å². The van der Waals surface area contributed by atoms with Gasteiger partial charge in [0, 0.05) is 24.5 Å². The minimum Gasteiger partial charge on any atom is -0.457 e. The van der Waals surface area contributed by atoms with E-state index in [2.05, 4.69) is 36.3 Å². The van der Waals surface area contributed by atoms with Crippen LogP contribution in [0, 0.1) is 0 Å². The molecule has 0 aliphatic heterocycles. The Kier molecular flexibility index (Phi) is 5.56. The second-order valence-electron chi connectivity index (χ2n) is 4.76. The molecule has 3 heteroatoms. The lowest BCUT2D eigenvalue weighted by Crippen LogP contribution is -2.12. The van der Waals surface area contributed by atoms with E-state index in [1.807, 2.05) is 24.4 Å². The standard InChI is InChI=1S/C17H22N2O/c1-3-5-14-6-8-16(9-7-14)20-17-10-11-19-13-15(17)12-18-4-2/h6-11,13,18H,3-5,12H2,1-2H3. The Balaban J connectivity index is 2.08. The van der Waals surface area contributed by atoms with Crippen LogP contribution in [-0.2, 0) is 13.0 Å². The van der Waals surface area contributed by atoms with Gasteiger partial charge in [0.05, 0.1) is 0 Å². The van der Waals surface area contributed by atoms with Crippen molar-refractivity contribution in [3.05, 3.63) is 53.9 Å². The van der Waals surface area contributed by atoms with Crippen LogP contribution in [0.3, 0.4) is 0 Å². The topological polar surface area (TPSA) is 34.1 Å². The Morgan fingerprint density at radius 2 is 1.90 bits per heavy atom. The fourth-order valence-corrected chi connectivity index (χ4v) is 2.05. The molecule has 0 aliphatic carbocycles. The van der Waals surface area contributed by atoms with Gasteiger partial charge in [-0.1, -0.05) is 32.4 Å². The molecule has 0 spiro atoms. The molecule has 0 aliphatic rings. The molecule has 1 N–H and O–H groups in total. The average molecular weight is 270 g/mol. The first-order chi connectivity index (χ1) is 9.83. The van der Waals surface area contributed by atoms with Crippen LogP contribution in [0.1, 0.15) is 31.4 Å². The molecule has 0 saturated heterocycles. The fraction of sp³-hybridized carbons (Fsp3) is 0.353. The molecule has 20 heavy (non-hydrogen) atoms. The number of nitrogens with zero attached hydrogens (tertiary/aromatic N) is 1. The molecular formula is C17H22N2O. The van der Waals surface area contributed by atoms with Crippen LogP contribution >= 0.6 is 0 Å². The van der Waals surface area contributed by atoms with Gasteiger partial charge in [0.15, 0.2) is 0 Å². The summed E-state index contributed by atoms with van der Waals surface area (Å²) in [6, 6.07) is 10.2. The Morgan fingerprint density at radius 1 is 1.10 bits per heavy atom. The summed E-state index contributed by atoms with van der Waals surface area (Å²) < 4.78 is 5.96. The Labute approximate surface area is 121 Å². The lowest BCUT2D eigenvalue weighted by atomic mass is 10.1. The fourth-order valence-electron chi connectivity index (χ4n) is 2.05. The molecule has 2 aromatic rings. The molecule has 0 fully saturated rings. The van der Waals surface area contributed by atoms with E-state index in [4.69, 9.17) is 4.74 Å². The molecular weight excluding hydrogens is 248 g/mol. The van der Waals surface area contributed by atoms with Crippen LogP contribution in [0.2, 0.25) is 0 Å². The third kappa shape index (κ3) is 4.07. The van der Waals surface area contributed by atoms with Crippen molar-refractivity contribution in [2.24, 2.45) is 0 Å². The van der Waals surface area contributed by atoms with Crippen molar-refractivity contribution >= 4 is 0 Å². The van der Waals surface area contributed by atoms with Crippen LogP contribution in [-0.4, -0.2) is 11.5 Å². The van der Waals surface area contributed by atoms with Gasteiger partial charge in [-0.05, 0) is 36.7 Å². The van der Waals surface area contributed by atoms with Crippen LogP contribution in [0.25, 0.3) is 0 Å². The number of pyridine rings is 1. The Morgan fingerprint density at radius 3 is 2.60 bits per heavy atom. The van der Waals surface area contributed by atoms with E-state index in [9.17, 15) is 0 Å². The molecule has 1 heterocycles. The summed E-state index contributed by atoms with van der Waals surface area (Å²) >= 11 is 0. The molecule has 0 amide bonds. The number of hydrogen-bond donors (Lipinski definition) is 1. The Hall–Kier alpha value is -1.87. The maximum Gasteiger partial charge on any atom is 0.134 e. The zero-order valence-electron chi connectivity index (χ0n) is 12.2. The monoisotopic (exact) mass is 270 g/mol. The van der Waals surface area contributed by atoms with Crippen molar-refractivity contribution in [1.82, 2.24) is 10.3 Å². The molecule has 0 unspecified atom stereocenters. The van der Waals surface area contributed by atoms with Gasteiger partial charge in [-0.15, -0.1) is 0 Å². The van der Waals surface area contributed by atoms with Gasteiger partial charge < -0.3 is 10.1 Å². The zero-order chi connectivity index (χ0) is 14.2. The molecule has 106 valence electrons. The molecule has 0 radical (unpaired) electrons. The summed E-state index contributed by atoms with van der Waals surface area (Å²) in [4.78, 5) is 4.16. The van der Waals surface area contributed by atoms with Crippen LogP contribution in [0.15, 0.2) is 42.7 Å². The number of hydrogen-bond acceptors (Lipinski definition) is 3. The van der Waals surface area contributed by atoms with Gasteiger partial charge >= 0.3 is 0 Å². The van der Waals surface area contributed by atoms with Crippen molar-refractivity contribution in [3.8, 4) is 11.5 Å². The maximum absolute atomic E-state index is 5.96. The van der Waals surface area contributed by atoms with Gasteiger partial charge in [0.2, 0.25) is 0 Å². The smallest absolute Gasteiger partial charge is 0.134 e. The van der Waals surface area contributed by atoms with E-state index in [1.165, 1.54) is 5.56 Å². The second kappa shape index (κ2) is 7.65. The van der Waals surface area contributed by atoms with Crippen molar-refractivity contribution in [2.45, 2.75) is 33.2 Å². The number of rotatable bonds is 7. The van der Waals surface area contributed by atoms with E-state index < -0.39 is 0 Å². The van der Waals surface area contributed by atoms with Crippen molar-refractivity contribution in [3.63, 3.8) is 0 Å². The zero-order valence-corrected chi connectivity index (χ0v) is 12.2. The Bertz CT molecular complexity index is 523. The minimum absolute atomic E-state index is 0.771. The van der Waals surface area contributed by atoms with E-state index >= 15 is 0 Å². The molecule has 1 aromatic carbocycles. The van der Waals surface area contributed by atoms with Gasteiger partial charge in [-0.3, -0.25) is 4.98 Å². The van der Waals surface area contributed by atoms with E-state index in [1.54, 1.807) is 6.20 Å². The highest BCUT2D eigenvalue weighted by atomic mass is 16.5. The second-order valence-corrected chi connectivity index (χ2v) is 4.76. The average Bonchev–Trinajstić information content (AvgIpc) is 2.49. The van der Waals surface area contributed by atoms with Crippen molar-refractivity contribution < 1.29 is 4.74 Å². The van der Waals surface area contributed by atoms with Crippen LogP contribution in [0.5, 0.6) is 11.5 Å². The SMILES string of the molecule is CCCc1ccc(Oc2ccncc2CNCC)cc1. The molecule has 1 aromatic heterocycles. The summed E-state index contributed by atoms with van der Waals surface area (Å²) in [6.07, 6.45) is 5.89. The highest BCUT2D eigenvalue weighted by Crippen LogP contribution is 2.25. The molecule has 2 rings (SSSR count). The molecule has 0 atom stereocenters. The normalized spacial score (nSPS) is 10.5. The number of aryl methyl sites for hydroxylation is 1. The van der Waals surface area contributed by atoms with Crippen LogP contribution in [0.4, 0.5) is 0 Å². The van der Waals surface area contributed by atoms with Gasteiger partial charge in [-0.2, -0.15) is 0 Å². The summed E-state index contributed by atoms with van der Waals surface area (Å²) in [7, 11) is 0. The number of benzene rings is 1. The third-order valence-corrected chi connectivity index (χ3v) is 3.11. The van der Waals surface area contributed by atoms with E-state index in [-0.39, 0.29) is 0 Å². The maximum atomic E-state index is 5.96. The highest BCUT2D eigenvalue weighted by molar-refractivity contribution is 5.36. The summed E-state index contributed by atoms with van der Waals surface area (Å²) in [5, 5.41) is 3.30. The van der Waals surface area contributed by atoms with Crippen LogP contribution < -0.4 is 10.1 Å². The molecule has 0 bridgehead atoms. The first-order valence-electron chi connectivity index (χ1n) is 7.24. The van der Waals surface area contributed by atoms with E-state index in [0.717, 1.165) is 43.0 Å². The quantitative estimate of drug-likeness (QED) is 0.827. The van der Waals surface area contributed by atoms with Gasteiger partial charge in [-0.25, -0.2) is 0 Å². The lowest BCUT2D eigenvalue weighted by molar-refractivity contribution is 0.472. The number of ether oxygens (including phenoxy) is 1.